The summed E-state index contributed by atoms with van der Waals surface area (Å²) in [5.41, 5.74) is 1.07. The molecule has 0 bridgehead atoms. The van der Waals surface area contributed by atoms with Crippen molar-refractivity contribution in [2.45, 2.75) is 13.3 Å². The molecule has 0 aliphatic carbocycles. The monoisotopic (exact) mass is 341 g/mol. The molecule has 0 radical (unpaired) electrons. The van der Waals surface area contributed by atoms with Crippen molar-refractivity contribution in [3.8, 4) is 11.6 Å². The Kier molecular flexibility index (Phi) is 5.13. The van der Waals surface area contributed by atoms with E-state index >= 15 is 0 Å². The zero-order valence-corrected chi connectivity index (χ0v) is 13.9. The summed E-state index contributed by atoms with van der Waals surface area (Å²) in [6.07, 6.45) is 1.81. The molecule has 130 valence electrons. The fourth-order valence-electron chi connectivity index (χ4n) is 2.56. The van der Waals surface area contributed by atoms with Crippen LogP contribution in [0.15, 0.2) is 42.6 Å². The second kappa shape index (κ2) is 7.65. The molecule has 2 amide bonds. The standard InChI is InChI=1S/C18H19N3O4/c1-2-24-18-13(6-5-10-19-18)20-16(22)12-21-14-7-3-4-8-15(14)25-11-9-17(21)23/h3-8,10H,2,9,11-12H2,1H3,(H,20,22). The van der Waals surface area contributed by atoms with Crippen LogP contribution in [0.2, 0.25) is 0 Å². The minimum atomic E-state index is -0.334. The highest BCUT2D eigenvalue weighted by Crippen LogP contribution is 2.31. The van der Waals surface area contributed by atoms with Crippen LogP contribution in [-0.4, -0.2) is 36.6 Å². The minimum absolute atomic E-state index is 0.111. The Morgan fingerprint density at radius 1 is 1.32 bits per heavy atom. The first-order chi connectivity index (χ1) is 12.2. The number of rotatable bonds is 5. The third-order valence-corrected chi connectivity index (χ3v) is 3.66. The molecule has 1 aromatic carbocycles. The normalized spacial score (nSPS) is 13.5. The Labute approximate surface area is 145 Å². The van der Waals surface area contributed by atoms with Gasteiger partial charge in [0.15, 0.2) is 0 Å². The maximum atomic E-state index is 12.5. The SMILES string of the molecule is CCOc1ncccc1NC(=O)CN1C(=O)CCOc2ccccc21. The number of aromatic nitrogens is 1. The highest BCUT2D eigenvalue weighted by atomic mass is 16.5. The van der Waals surface area contributed by atoms with E-state index in [-0.39, 0.29) is 24.8 Å². The van der Waals surface area contributed by atoms with E-state index in [0.717, 1.165) is 0 Å². The van der Waals surface area contributed by atoms with Gasteiger partial charge in [0.2, 0.25) is 17.7 Å². The van der Waals surface area contributed by atoms with Gasteiger partial charge in [-0.2, -0.15) is 0 Å². The molecule has 0 fully saturated rings. The van der Waals surface area contributed by atoms with Crippen LogP contribution < -0.4 is 19.7 Å². The summed E-state index contributed by atoms with van der Waals surface area (Å²) >= 11 is 0. The summed E-state index contributed by atoms with van der Waals surface area (Å²) in [5.74, 6) is 0.456. The average Bonchev–Trinajstić information content (AvgIpc) is 2.76. The summed E-state index contributed by atoms with van der Waals surface area (Å²) in [7, 11) is 0. The van der Waals surface area contributed by atoms with E-state index in [0.29, 0.717) is 36.2 Å². The van der Waals surface area contributed by atoms with Crippen LogP contribution in [-0.2, 0) is 9.59 Å². The molecule has 1 N–H and O–H groups in total. The molecule has 1 aromatic heterocycles. The van der Waals surface area contributed by atoms with Gasteiger partial charge in [0.1, 0.15) is 18.0 Å². The van der Waals surface area contributed by atoms with E-state index in [9.17, 15) is 9.59 Å². The maximum Gasteiger partial charge on any atom is 0.244 e. The molecule has 2 aromatic rings. The smallest absolute Gasteiger partial charge is 0.244 e. The molecule has 1 aliphatic rings. The molecule has 0 spiro atoms. The number of carbonyl (C=O) groups excluding carboxylic acids is 2. The van der Waals surface area contributed by atoms with E-state index in [1.807, 2.05) is 13.0 Å². The van der Waals surface area contributed by atoms with Crippen LogP contribution in [0.1, 0.15) is 13.3 Å². The number of anilines is 2. The molecule has 3 rings (SSSR count). The molecule has 7 nitrogen and oxygen atoms in total. The van der Waals surface area contributed by atoms with Gasteiger partial charge >= 0.3 is 0 Å². The lowest BCUT2D eigenvalue weighted by Crippen LogP contribution is -2.37. The Hall–Kier alpha value is -3.09. The minimum Gasteiger partial charge on any atom is -0.491 e. The van der Waals surface area contributed by atoms with Crippen molar-refractivity contribution in [1.82, 2.24) is 4.98 Å². The van der Waals surface area contributed by atoms with Gasteiger partial charge in [0, 0.05) is 6.20 Å². The van der Waals surface area contributed by atoms with E-state index in [1.165, 1.54) is 4.90 Å². The molecular formula is C18H19N3O4. The van der Waals surface area contributed by atoms with E-state index in [2.05, 4.69) is 10.3 Å². The van der Waals surface area contributed by atoms with Crippen molar-refractivity contribution >= 4 is 23.2 Å². The highest BCUT2D eigenvalue weighted by Gasteiger charge is 2.25. The Balaban J connectivity index is 1.77. The Morgan fingerprint density at radius 3 is 3.00 bits per heavy atom. The van der Waals surface area contributed by atoms with Crippen LogP contribution in [0.4, 0.5) is 11.4 Å². The second-order valence-corrected chi connectivity index (χ2v) is 5.38. The highest BCUT2D eigenvalue weighted by molar-refractivity contribution is 6.04. The van der Waals surface area contributed by atoms with Gasteiger partial charge in [-0.05, 0) is 31.2 Å². The van der Waals surface area contributed by atoms with Crippen molar-refractivity contribution in [2.24, 2.45) is 0 Å². The van der Waals surface area contributed by atoms with Gasteiger partial charge < -0.3 is 14.8 Å². The number of fused-ring (bicyclic) bond motifs is 1. The zero-order valence-electron chi connectivity index (χ0n) is 13.9. The lowest BCUT2D eigenvalue weighted by atomic mass is 10.2. The molecule has 0 saturated carbocycles. The van der Waals surface area contributed by atoms with Crippen molar-refractivity contribution in [1.29, 1.82) is 0 Å². The zero-order chi connectivity index (χ0) is 17.6. The molecule has 0 saturated heterocycles. The first-order valence-electron chi connectivity index (χ1n) is 8.09. The number of benzene rings is 1. The van der Waals surface area contributed by atoms with Crippen molar-refractivity contribution in [3.63, 3.8) is 0 Å². The van der Waals surface area contributed by atoms with Crippen LogP contribution in [0, 0.1) is 0 Å². The number of ether oxygens (including phenoxy) is 2. The molecular weight excluding hydrogens is 322 g/mol. The first-order valence-corrected chi connectivity index (χ1v) is 8.09. The van der Waals surface area contributed by atoms with Crippen LogP contribution in [0.5, 0.6) is 11.6 Å². The van der Waals surface area contributed by atoms with Crippen LogP contribution >= 0.6 is 0 Å². The lowest BCUT2D eigenvalue weighted by molar-refractivity contribution is -0.121. The largest absolute Gasteiger partial charge is 0.491 e. The van der Waals surface area contributed by atoms with Gasteiger partial charge in [0.25, 0.3) is 0 Å². The number of nitrogens with zero attached hydrogens (tertiary/aromatic N) is 2. The van der Waals surface area contributed by atoms with Gasteiger partial charge in [-0.3, -0.25) is 14.5 Å². The van der Waals surface area contributed by atoms with Crippen molar-refractivity contribution < 1.29 is 19.1 Å². The number of hydrogen-bond acceptors (Lipinski definition) is 5. The number of hydrogen-bond donors (Lipinski definition) is 1. The number of pyridine rings is 1. The fourth-order valence-corrected chi connectivity index (χ4v) is 2.56. The van der Waals surface area contributed by atoms with Gasteiger partial charge in [-0.1, -0.05) is 12.1 Å². The summed E-state index contributed by atoms with van der Waals surface area (Å²) < 4.78 is 11.0. The van der Waals surface area contributed by atoms with E-state index < -0.39 is 0 Å². The topological polar surface area (TPSA) is 80.8 Å². The van der Waals surface area contributed by atoms with Crippen molar-refractivity contribution in [3.05, 3.63) is 42.6 Å². The molecule has 0 unspecified atom stereocenters. The summed E-state index contributed by atoms with van der Waals surface area (Å²) in [6, 6.07) is 10.6. The van der Waals surface area contributed by atoms with Gasteiger partial charge in [-0.15, -0.1) is 0 Å². The summed E-state index contributed by atoms with van der Waals surface area (Å²) in [4.78, 5) is 30.4. The molecule has 25 heavy (non-hydrogen) atoms. The molecule has 1 aliphatic heterocycles. The quantitative estimate of drug-likeness (QED) is 0.902. The Bertz CT molecular complexity index is 778. The summed E-state index contributed by atoms with van der Waals surface area (Å²) in [5, 5.41) is 2.75. The average molecular weight is 341 g/mol. The molecule has 2 heterocycles. The van der Waals surface area contributed by atoms with Gasteiger partial charge in [-0.25, -0.2) is 4.98 Å². The van der Waals surface area contributed by atoms with Crippen LogP contribution in [0.3, 0.4) is 0 Å². The third kappa shape index (κ3) is 3.88. The van der Waals surface area contributed by atoms with Gasteiger partial charge in [0.05, 0.1) is 25.3 Å². The number of amides is 2. The van der Waals surface area contributed by atoms with Crippen LogP contribution in [0.25, 0.3) is 0 Å². The predicted octanol–water partition coefficient (Wildman–Crippen LogP) is 2.23. The summed E-state index contributed by atoms with van der Waals surface area (Å²) in [6.45, 7) is 2.47. The maximum absolute atomic E-state index is 12.5. The third-order valence-electron chi connectivity index (χ3n) is 3.66. The number of nitrogens with one attached hydrogen (secondary N) is 1. The van der Waals surface area contributed by atoms with Crippen molar-refractivity contribution in [2.75, 3.05) is 30.0 Å². The fraction of sp³-hybridized carbons (Fsp3) is 0.278. The molecule has 7 heteroatoms. The lowest BCUT2D eigenvalue weighted by Gasteiger charge is -2.21. The first kappa shape index (κ1) is 16.8. The second-order valence-electron chi connectivity index (χ2n) is 5.38. The number of para-hydroxylation sites is 2. The Morgan fingerprint density at radius 2 is 2.16 bits per heavy atom. The van der Waals surface area contributed by atoms with E-state index in [4.69, 9.17) is 9.47 Å². The predicted molar refractivity (Wildman–Crippen MR) is 92.9 cm³/mol. The van der Waals surface area contributed by atoms with E-state index in [1.54, 1.807) is 36.5 Å². The number of carbonyl (C=O) groups is 2. The molecule has 0 atom stereocenters.